The van der Waals surface area contributed by atoms with E-state index in [1.807, 2.05) is 12.1 Å². The van der Waals surface area contributed by atoms with Gasteiger partial charge in [0.15, 0.2) is 3.83 Å². The molecule has 0 aliphatic rings. The maximum Gasteiger partial charge on any atom is 0.169 e. The van der Waals surface area contributed by atoms with Gasteiger partial charge >= 0.3 is 0 Å². The summed E-state index contributed by atoms with van der Waals surface area (Å²) >= 11 is 9.01. The minimum Gasteiger partial charge on any atom is -0.333 e. The Morgan fingerprint density at radius 1 is 1.25 bits per heavy atom. The molecule has 2 rings (SSSR count). The highest BCUT2D eigenvalue weighted by molar-refractivity contribution is 14.1. The molecule has 0 unspecified atom stereocenters. The molecule has 0 atom stereocenters. The largest absolute Gasteiger partial charge is 0.333 e. The van der Waals surface area contributed by atoms with Gasteiger partial charge in [-0.2, -0.15) is 0 Å². The first kappa shape index (κ1) is 8.96. The summed E-state index contributed by atoms with van der Waals surface area (Å²) in [4.78, 5) is 7.45. The number of benzene rings is 1. The van der Waals surface area contributed by atoms with Crippen molar-refractivity contribution < 1.29 is 0 Å². The maximum atomic E-state index is 4.30. The molecule has 0 aliphatic carbocycles. The predicted molar refractivity (Wildman–Crippen MR) is 64.2 cm³/mol. The molecule has 1 aromatic heterocycles. The summed E-state index contributed by atoms with van der Waals surface area (Å²) in [7, 11) is 0. The molecule has 0 fully saturated rings. The van der Waals surface area contributed by atoms with E-state index in [1.54, 1.807) is 0 Å². The van der Waals surface area contributed by atoms with Crippen LogP contribution in [0.2, 0.25) is 0 Å². The lowest BCUT2D eigenvalue weighted by Crippen LogP contribution is -1.71. The van der Waals surface area contributed by atoms with Gasteiger partial charge in [0.25, 0.3) is 0 Å². The monoisotopic (exact) mass is 400 g/mol. The van der Waals surface area contributed by atoms with E-state index < -0.39 is 0 Å². The molecule has 12 heavy (non-hydrogen) atoms. The van der Waals surface area contributed by atoms with Crippen molar-refractivity contribution >= 4 is 65.5 Å². The lowest BCUT2D eigenvalue weighted by atomic mass is 10.3. The average Bonchev–Trinajstić information content (AvgIpc) is 2.30. The lowest BCUT2D eigenvalue weighted by molar-refractivity contribution is 1.26. The fraction of sp³-hybridized carbons (Fsp3) is 0. The molecule has 0 saturated heterocycles. The minimum absolute atomic E-state index is 0.910. The summed E-state index contributed by atoms with van der Waals surface area (Å²) in [6.07, 6.45) is 0. The van der Waals surface area contributed by atoms with Crippen LogP contribution in [0.1, 0.15) is 0 Å². The van der Waals surface area contributed by atoms with E-state index in [0.717, 1.165) is 23.8 Å². The van der Waals surface area contributed by atoms with Crippen molar-refractivity contribution in [1.29, 1.82) is 0 Å². The number of hydrogen-bond acceptors (Lipinski definition) is 1. The van der Waals surface area contributed by atoms with E-state index in [1.165, 1.54) is 0 Å². The predicted octanol–water partition coefficient (Wildman–Crippen LogP) is 3.69. The number of rotatable bonds is 0. The Morgan fingerprint density at radius 3 is 2.67 bits per heavy atom. The third-order valence-electron chi connectivity index (χ3n) is 1.50. The number of fused-ring (bicyclic) bond motifs is 1. The first-order valence-electron chi connectivity index (χ1n) is 3.17. The summed E-state index contributed by atoms with van der Waals surface area (Å²) in [6.45, 7) is 0. The summed E-state index contributed by atoms with van der Waals surface area (Å²) in [5, 5.41) is 0. The van der Waals surface area contributed by atoms with Gasteiger partial charge in [-0.25, -0.2) is 4.98 Å². The van der Waals surface area contributed by atoms with Crippen LogP contribution in [0.3, 0.4) is 0 Å². The van der Waals surface area contributed by atoms with E-state index in [-0.39, 0.29) is 0 Å². The second-order valence-corrected chi connectivity index (χ2v) is 5.04. The Hall–Kier alpha value is 0.380. The molecule has 0 saturated carbocycles. The van der Waals surface area contributed by atoms with Crippen LogP contribution >= 0.6 is 54.5 Å². The molecule has 1 heterocycles. The first-order valence-corrected chi connectivity index (χ1v) is 5.83. The van der Waals surface area contributed by atoms with Crippen molar-refractivity contribution in [2.75, 3.05) is 0 Å². The average molecular weight is 402 g/mol. The third kappa shape index (κ3) is 1.54. The lowest BCUT2D eigenvalue weighted by Gasteiger charge is -1.93. The van der Waals surface area contributed by atoms with Crippen LogP contribution in [0.4, 0.5) is 0 Å². The van der Waals surface area contributed by atoms with Gasteiger partial charge in [0.05, 0.1) is 11.0 Å². The van der Waals surface area contributed by atoms with Gasteiger partial charge in [-0.1, -0.05) is 0 Å². The van der Waals surface area contributed by atoms with Crippen LogP contribution in [0.15, 0.2) is 21.1 Å². The summed E-state index contributed by atoms with van der Waals surface area (Å²) in [5.41, 5.74) is 2.03. The minimum atomic E-state index is 0.910. The number of imidazole rings is 1. The Morgan fingerprint density at radius 2 is 1.92 bits per heavy atom. The van der Waals surface area contributed by atoms with Crippen molar-refractivity contribution in [2.45, 2.75) is 0 Å². The molecule has 2 nitrogen and oxygen atoms in total. The van der Waals surface area contributed by atoms with E-state index in [4.69, 9.17) is 0 Å². The molecule has 0 aliphatic heterocycles. The molecular weight excluding hydrogens is 399 g/mol. The summed E-state index contributed by atoms with van der Waals surface area (Å²) in [6, 6.07) is 3.99. The van der Waals surface area contributed by atoms with Crippen molar-refractivity contribution in [3.63, 3.8) is 0 Å². The van der Waals surface area contributed by atoms with E-state index in [2.05, 4.69) is 64.4 Å². The molecule has 5 heteroatoms. The fourth-order valence-electron chi connectivity index (χ4n) is 0.974. The molecule has 0 amide bonds. The third-order valence-corrected chi connectivity index (χ3v) is 3.85. The molecule has 0 spiro atoms. The standard InChI is InChI=1S/C7H3Br2IN2/c8-3-1-5-6(2-4(3)9)12-7(10)11-5/h1-2H,(H,11,12). The van der Waals surface area contributed by atoms with E-state index in [9.17, 15) is 0 Å². The molecule has 1 N–H and O–H groups in total. The quantitative estimate of drug-likeness (QED) is 0.670. The van der Waals surface area contributed by atoms with E-state index in [0.29, 0.717) is 0 Å². The number of halogens is 3. The van der Waals surface area contributed by atoms with Gasteiger partial charge in [0.1, 0.15) is 0 Å². The normalized spacial score (nSPS) is 10.9. The number of aromatic amines is 1. The highest BCUT2D eigenvalue weighted by atomic mass is 127. The SMILES string of the molecule is Brc1cc2nc(I)[nH]c2cc1Br. The highest BCUT2D eigenvalue weighted by Gasteiger charge is 2.03. The van der Waals surface area contributed by atoms with Gasteiger partial charge in [-0.3, -0.25) is 0 Å². The van der Waals surface area contributed by atoms with Gasteiger partial charge in [0, 0.05) is 8.95 Å². The fourth-order valence-corrected chi connectivity index (χ4v) is 2.20. The zero-order valence-electron chi connectivity index (χ0n) is 5.74. The zero-order chi connectivity index (χ0) is 8.72. The van der Waals surface area contributed by atoms with Crippen LogP contribution in [0.25, 0.3) is 11.0 Å². The number of hydrogen-bond donors (Lipinski definition) is 1. The van der Waals surface area contributed by atoms with Crippen LogP contribution in [-0.4, -0.2) is 9.97 Å². The number of nitrogens with one attached hydrogen (secondary N) is 1. The number of aromatic nitrogens is 2. The molecule has 0 bridgehead atoms. The van der Waals surface area contributed by atoms with Crippen LogP contribution in [-0.2, 0) is 0 Å². The van der Waals surface area contributed by atoms with Crippen LogP contribution in [0, 0.1) is 3.83 Å². The molecule has 62 valence electrons. The van der Waals surface area contributed by atoms with Gasteiger partial charge in [-0.05, 0) is 66.6 Å². The zero-order valence-corrected chi connectivity index (χ0v) is 11.1. The molecule has 1 aromatic carbocycles. The summed E-state index contributed by atoms with van der Waals surface area (Å²) in [5.74, 6) is 0. The van der Waals surface area contributed by atoms with Gasteiger partial charge in [-0.15, -0.1) is 0 Å². The van der Waals surface area contributed by atoms with Crippen LogP contribution < -0.4 is 0 Å². The molecule has 0 radical (unpaired) electrons. The topological polar surface area (TPSA) is 28.7 Å². The van der Waals surface area contributed by atoms with Gasteiger partial charge in [0.2, 0.25) is 0 Å². The van der Waals surface area contributed by atoms with Crippen molar-refractivity contribution in [3.8, 4) is 0 Å². The second kappa shape index (κ2) is 3.26. The summed E-state index contributed by atoms with van der Waals surface area (Å²) < 4.78 is 2.97. The Balaban J connectivity index is 2.83. The molecular formula is C7H3Br2IN2. The van der Waals surface area contributed by atoms with E-state index >= 15 is 0 Å². The first-order chi connectivity index (χ1) is 5.66. The Kier molecular flexibility index (Phi) is 2.44. The second-order valence-electron chi connectivity index (χ2n) is 2.31. The van der Waals surface area contributed by atoms with Crippen LogP contribution in [0.5, 0.6) is 0 Å². The Bertz CT molecular complexity index is 399. The number of H-pyrrole nitrogens is 1. The Labute approximate surface area is 99.5 Å². The maximum absolute atomic E-state index is 4.30. The smallest absolute Gasteiger partial charge is 0.169 e. The highest BCUT2D eigenvalue weighted by Crippen LogP contribution is 2.27. The van der Waals surface area contributed by atoms with Crippen molar-refractivity contribution in [3.05, 3.63) is 24.9 Å². The van der Waals surface area contributed by atoms with Gasteiger partial charge < -0.3 is 4.98 Å². The number of nitrogens with zero attached hydrogens (tertiary/aromatic N) is 1. The van der Waals surface area contributed by atoms with Crippen molar-refractivity contribution in [1.82, 2.24) is 9.97 Å². The van der Waals surface area contributed by atoms with Crippen molar-refractivity contribution in [2.24, 2.45) is 0 Å². The molecule has 2 aromatic rings.